The van der Waals surface area contributed by atoms with Crippen molar-refractivity contribution in [3.8, 4) is 0 Å². The highest BCUT2D eigenvalue weighted by Gasteiger charge is 2.30. The van der Waals surface area contributed by atoms with E-state index in [4.69, 9.17) is 37.0 Å². The van der Waals surface area contributed by atoms with Crippen LogP contribution in [0.25, 0.3) is 0 Å². The molecule has 3 N–H and O–H groups in total. The summed E-state index contributed by atoms with van der Waals surface area (Å²) in [4.78, 5) is 72.7. The van der Waals surface area contributed by atoms with E-state index in [0.717, 1.165) is 102 Å². The van der Waals surface area contributed by atoms with Crippen molar-refractivity contribution < 1.29 is 80.2 Å². The van der Waals surface area contributed by atoms with Gasteiger partial charge in [0.15, 0.2) is 12.2 Å². The summed E-state index contributed by atoms with van der Waals surface area (Å²) in [6, 6.07) is 0. The first-order valence-electron chi connectivity index (χ1n) is 39.6. The first-order chi connectivity index (χ1) is 46.0. The maximum absolute atomic E-state index is 13.1. The molecule has 0 amide bonds. The van der Waals surface area contributed by atoms with E-state index in [1.165, 1.54) is 218 Å². The molecule has 0 aliphatic carbocycles. The predicted octanol–water partition coefficient (Wildman–Crippen LogP) is 22.5. The molecule has 0 aromatic rings. The lowest BCUT2D eigenvalue weighted by Crippen LogP contribution is -2.30. The van der Waals surface area contributed by atoms with Gasteiger partial charge in [-0.05, 0) is 31.6 Å². The largest absolute Gasteiger partial charge is 0.472 e. The van der Waals surface area contributed by atoms with Crippen molar-refractivity contribution >= 4 is 39.5 Å². The summed E-state index contributed by atoms with van der Waals surface area (Å²) in [7, 11) is -9.91. The van der Waals surface area contributed by atoms with Crippen LogP contribution in [-0.2, 0) is 65.4 Å². The number of carbonyl (C=O) groups excluding carboxylic acids is 4. The lowest BCUT2D eigenvalue weighted by molar-refractivity contribution is -0.161. The Labute approximate surface area is 581 Å². The molecule has 0 aliphatic heterocycles. The number of hydrogen-bond donors (Lipinski definition) is 3. The topological polar surface area (TPSA) is 237 Å². The lowest BCUT2D eigenvalue weighted by Gasteiger charge is -2.21. The molecule has 0 aliphatic rings. The fourth-order valence-corrected chi connectivity index (χ4v) is 13.3. The summed E-state index contributed by atoms with van der Waals surface area (Å²) in [6.07, 6.45) is 58.3. The number of aliphatic hydroxyl groups is 1. The van der Waals surface area contributed by atoms with Gasteiger partial charge in [0, 0.05) is 25.7 Å². The highest BCUT2D eigenvalue weighted by atomic mass is 31.2. The molecule has 0 rings (SSSR count). The van der Waals surface area contributed by atoms with Gasteiger partial charge in [-0.3, -0.25) is 37.3 Å². The Morgan fingerprint density at radius 3 is 0.716 bits per heavy atom. The molecule has 0 spiro atoms. The second-order valence-electron chi connectivity index (χ2n) is 27.9. The predicted molar refractivity (Wildman–Crippen MR) is 386 cm³/mol. The van der Waals surface area contributed by atoms with E-state index in [2.05, 4.69) is 34.6 Å². The Morgan fingerprint density at radius 2 is 0.484 bits per heavy atom. The second kappa shape index (κ2) is 69.2. The molecular weight excluding hydrogens is 1250 g/mol. The van der Waals surface area contributed by atoms with Crippen molar-refractivity contribution in [2.45, 2.75) is 419 Å². The molecule has 564 valence electrons. The molecule has 19 heteroatoms. The number of rotatable bonds is 76. The van der Waals surface area contributed by atoms with Crippen LogP contribution in [0.2, 0.25) is 0 Å². The zero-order valence-corrected chi connectivity index (χ0v) is 63.6. The van der Waals surface area contributed by atoms with Gasteiger partial charge in [-0.15, -0.1) is 0 Å². The van der Waals surface area contributed by atoms with Crippen molar-refractivity contribution in [1.82, 2.24) is 0 Å². The molecule has 2 unspecified atom stereocenters. The van der Waals surface area contributed by atoms with Crippen LogP contribution in [0.3, 0.4) is 0 Å². The van der Waals surface area contributed by atoms with Crippen LogP contribution in [0.1, 0.15) is 401 Å². The number of unbranched alkanes of at least 4 members (excludes halogenated alkanes) is 48. The van der Waals surface area contributed by atoms with Crippen LogP contribution in [0, 0.1) is 5.92 Å². The Kier molecular flexibility index (Phi) is 67.7. The lowest BCUT2D eigenvalue weighted by atomic mass is 10.0. The van der Waals surface area contributed by atoms with E-state index in [-0.39, 0.29) is 25.7 Å². The van der Waals surface area contributed by atoms with E-state index in [1.54, 1.807) is 0 Å². The van der Waals surface area contributed by atoms with E-state index in [0.29, 0.717) is 25.7 Å². The Morgan fingerprint density at radius 1 is 0.284 bits per heavy atom. The fourth-order valence-electron chi connectivity index (χ4n) is 11.7. The third kappa shape index (κ3) is 70.3. The molecule has 5 atom stereocenters. The summed E-state index contributed by atoms with van der Waals surface area (Å²) < 4.78 is 68.5. The number of hydrogen-bond acceptors (Lipinski definition) is 15. The maximum Gasteiger partial charge on any atom is 0.472 e. The average Bonchev–Trinajstić information content (AvgIpc) is 2.91. The van der Waals surface area contributed by atoms with Crippen molar-refractivity contribution in [3.63, 3.8) is 0 Å². The van der Waals surface area contributed by atoms with Crippen LogP contribution in [-0.4, -0.2) is 96.7 Å². The normalized spacial score (nSPS) is 13.9. The molecule has 0 radical (unpaired) electrons. The number of phosphoric acid groups is 2. The summed E-state index contributed by atoms with van der Waals surface area (Å²) in [6.45, 7) is 7.26. The highest BCUT2D eigenvalue weighted by molar-refractivity contribution is 7.47. The van der Waals surface area contributed by atoms with Gasteiger partial charge >= 0.3 is 39.5 Å². The van der Waals surface area contributed by atoms with Crippen molar-refractivity contribution in [2.24, 2.45) is 5.92 Å². The fraction of sp³-hybridized carbons (Fsp3) is 0.947. The molecule has 0 fully saturated rings. The van der Waals surface area contributed by atoms with Crippen molar-refractivity contribution in [2.75, 3.05) is 39.6 Å². The minimum absolute atomic E-state index is 0.106. The Hall–Kier alpha value is -1.94. The molecule has 0 heterocycles. The summed E-state index contributed by atoms with van der Waals surface area (Å²) in [5.74, 6) is -1.36. The number of carbonyl (C=O) groups is 4. The van der Waals surface area contributed by atoms with Gasteiger partial charge in [-0.25, -0.2) is 9.13 Å². The third-order valence-electron chi connectivity index (χ3n) is 17.8. The standard InChI is InChI=1S/C76H148O17P2/c1-6-9-12-15-18-21-23-25-27-28-29-30-32-34-36-41-46-51-56-61-75(80)93-72(66-87-74(79)60-55-50-45-40-35-33-31-26-24-22-19-16-13-10-7-2)68-91-95(84,85)89-64-70(77)63-88-94(82,83)90-67-71(65-86-73(78)59-54-49-44-20-17-14-11-8-3)92-76(81)62-57-52-47-42-38-37-39-43-48-53-58-69(4)5/h69-72,77H,6-68H2,1-5H3,(H,82,83)(H,84,85)/t70-,71+,72+/m0/s1. The SMILES string of the molecule is CCCCCCCCCCCCCCCCCCCCCC(=O)O[C@H](COC(=O)CCCCCCCCCCCCCCCCC)COP(=O)(O)OC[C@@H](O)COP(=O)(O)OC[C@@H](COC(=O)CCCCCCCCCC)OC(=O)CCCCCCCCCCCCC(C)C. The van der Waals surface area contributed by atoms with E-state index in [1.807, 2.05) is 0 Å². The number of aliphatic hydroxyl groups excluding tert-OH is 1. The molecule has 0 saturated heterocycles. The van der Waals surface area contributed by atoms with Gasteiger partial charge < -0.3 is 33.8 Å². The molecule has 17 nitrogen and oxygen atoms in total. The van der Waals surface area contributed by atoms with Crippen molar-refractivity contribution in [1.29, 1.82) is 0 Å². The number of phosphoric ester groups is 2. The molecular formula is C76H148O17P2. The van der Waals surface area contributed by atoms with E-state index in [9.17, 15) is 43.2 Å². The van der Waals surface area contributed by atoms with Gasteiger partial charge in [-0.2, -0.15) is 0 Å². The zero-order chi connectivity index (χ0) is 69.8. The Bertz CT molecular complexity index is 1820. The van der Waals surface area contributed by atoms with Crippen LogP contribution in [0.5, 0.6) is 0 Å². The summed E-state index contributed by atoms with van der Waals surface area (Å²) >= 11 is 0. The van der Waals surface area contributed by atoms with Gasteiger partial charge in [0.1, 0.15) is 19.3 Å². The minimum Gasteiger partial charge on any atom is -0.462 e. The molecule has 0 aromatic heterocycles. The van der Waals surface area contributed by atoms with Gasteiger partial charge in [0.25, 0.3) is 0 Å². The maximum atomic E-state index is 13.1. The van der Waals surface area contributed by atoms with E-state index >= 15 is 0 Å². The zero-order valence-electron chi connectivity index (χ0n) is 61.8. The van der Waals surface area contributed by atoms with E-state index < -0.39 is 97.5 Å². The summed E-state index contributed by atoms with van der Waals surface area (Å²) in [5, 5.41) is 10.6. The molecule has 0 saturated carbocycles. The minimum atomic E-state index is -4.96. The smallest absolute Gasteiger partial charge is 0.462 e. The first-order valence-corrected chi connectivity index (χ1v) is 42.6. The van der Waals surface area contributed by atoms with Gasteiger partial charge in [0.05, 0.1) is 26.4 Å². The first kappa shape index (κ1) is 93.1. The van der Waals surface area contributed by atoms with Crippen LogP contribution < -0.4 is 0 Å². The van der Waals surface area contributed by atoms with Crippen LogP contribution in [0.4, 0.5) is 0 Å². The van der Waals surface area contributed by atoms with Crippen molar-refractivity contribution in [3.05, 3.63) is 0 Å². The molecule has 0 bridgehead atoms. The summed E-state index contributed by atoms with van der Waals surface area (Å²) in [5.41, 5.74) is 0. The van der Waals surface area contributed by atoms with Crippen LogP contribution >= 0.6 is 15.6 Å². The monoisotopic (exact) mass is 1400 g/mol. The van der Waals surface area contributed by atoms with Gasteiger partial charge in [0.2, 0.25) is 0 Å². The average molecular weight is 1400 g/mol. The number of ether oxygens (including phenoxy) is 4. The molecule has 95 heavy (non-hydrogen) atoms. The highest BCUT2D eigenvalue weighted by Crippen LogP contribution is 2.45. The molecule has 0 aromatic carbocycles. The second-order valence-corrected chi connectivity index (χ2v) is 30.8. The number of esters is 4. The Balaban J connectivity index is 5.20. The third-order valence-corrected chi connectivity index (χ3v) is 19.7. The van der Waals surface area contributed by atoms with Crippen LogP contribution in [0.15, 0.2) is 0 Å². The van der Waals surface area contributed by atoms with Gasteiger partial charge in [-0.1, -0.05) is 349 Å². The quantitative estimate of drug-likeness (QED) is 0.0222.